The van der Waals surface area contributed by atoms with E-state index in [1.807, 2.05) is 6.07 Å². The minimum atomic E-state index is -0.182. The number of hydrogen-bond donors (Lipinski definition) is 0. The molecule has 0 radical (unpaired) electrons. The maximum atomic E-state index is 6.14. The molecule has 2 heterocycles. The van der Waals surface area contributed by atoms with Crippen molar-refractivity contribution in [3.63, 3.8) is 0 Å². The SMILES string of the molecule is COCC12COC(C1)C(Cc1ccccc1)O2. The minimum absolute atomic E-state index is 0.182. The molecule has 3 rings (SSSR count). The van der Waals surface area contributed by atoms with Crippen molar-refractivity contribution in [3.8, 4) is 0 Å². The predicted octanol–water partition coefficient (Wildman–Crippen LogP) is 1.80. The van der Waals surface area contributed by atoms with E-state index in [4.69, 9.17) is 14.2 Å². The van der Waals surface area contributed by atoms with Crippen LogP contribution in [0.3, 0.4) is 0 Å². The molecule has 2 fully saturated rings. The van der Waals surface area contributed by atoms with Gasteiger partial charge in [0.2, 0.25) is 0 Å². The zero-order valence-electron chi connectivity index (χ0n) is 10.1. The first-order valence-corrected chi connectivity index (χ1v) is 6.14. The second kappa shape index (κ2) is 4.41. The van der Waals surface area contributed by atoms with Gasteiger partial charge >= 0.3 is 0 Å². The van der Waals surface area contributed by atoms with Crippen LogP contribution >= 0.6 is 0 Å². The lowest BCUT2D eigenvalue weighted by Gasteiger charge is -2.30. The second-order valence-electron chi connectivity index (χ2n) is 5.02. The van der Waals surface area contributed by atoms with Crippen molar-refractivity contribution >= 4 is 0 Å². The maximum Gasteiger partial charge on any atom is 0.118 e. The third-order valence-electron chi connectivity index (χ3n) is 3.64. The lowest BCUT2D eigenvalue weighted by molar-refractivity contribution is -0.159. The van der Waals surface area contributed by atoms with E-state index in [1.54, 1.807) is 7.11 Å². The highest BCUT2D eigenvalue weighted by atomic mass is 16.6. The molecule has 3 unspecified atom stereocenters. The van der Waals surface area contributed by atoms with Gasteiger partial charge < -0.3 is 14.2 Å². The molecule has 0 aliphatic carbocycles. The maximum absolute atomic E-state index is 6.14. The average Bonchev–Trinajstić information content (AvgIpc) is 2.88. The topological polar surface area (TPSA) is 27.7 Å². The first-order valence-electron chi connectivity index (χ1n) is 6.14. The molecular formula is C14H18O3. The van der Waals surface area contributed by atoms with E-state index >= 15 is 0 Å². The van der Waals surface area contributed by atoms with Gasteiger partial charge in [0, 0.05) is 20.0 Å². The number of rotatable bonds is 4. The third-order valence-corrected chi connectivity index (χ3v) is 3.64. The Balaban J connectivity index is 1.67. The molecule has 92 valence electrons. The first kappa shape index (κ1) is 11.2. The summed E-state index contributed by atoms with van der Waals surface area (Å²) in [6.07, 6.45) is 2.32. The summed E-state index contributed by atoms with van der Waals surface area (Å²) in [6.45, 7) is 1.31. The summed E-state index contributed by atoms with van der Waals surface area (Å²) in [5.41, 5.74) is 1.12. The predicted molar refractivity (Wildman–Crippen MR) is 64.0 cm³/mol. The van der Waals surface area contributed by atoms with Gasteiger partial charge in [-0.15, -0.1) is 0 Å². The normalized spacial score (nSPS) is 35.4. The highest BCUT2D eigenvalue weighted by molar-refractivity contribution is 5.17. The zero-order chi connectivity index (χ0) is 11.7. The summed E-state index contributed by atoms with van der Waals surface area (Å²) in [4.78, 5) is 0. The van der Waals surface area contributed by atoms with Crippen LogP contribution in [0.15, 0.2) is 30.3 Å². The Morgan fingerprint density at radius 1 is 1.35 bits per heavy atom. The van der Waals surface area contributed by atoms with E-state index in [0.717, 1.165) is 12.8 Å². The summed E-state index contributed by atoms with van der Waals surface area (Å²) in [6, 6.07) is 10.4. The summed E-state index contributed by atoms with van der Waals surface area (Å²) in [7, 11) is 1.72. The van der Waals surface area contributed by atoms with E-state index in [2.05, 4.69) is 24.3 Å². The molecule has 3 nitrogen and oxygen atoms in total. The van der Waals surface area contributed by atoms with Crippen LogP contribution in [0, 0.1) is 0 Å². The van der Waals surface area contributed by atoms with Gasteiger partial charge in [0.25, 0.3) is 0 Å². The van der Waals surface area contributed by atoms with E-state index in [9.17, 15) is 0 Å². The van der Waals surface area contributed by atoms with Crippen molar-refractivity contribution in [1.29, 1.82) is 0 Å². The standard InChI is InChI=1S/C14H18O3/c1-15-9-14-8-13(16-10-14)12(17-14)7-11-5-3-2-4-6-11/h2-6,12-13H,7-10H2,1H3. The van der Waals surface area contributed by atoms with Gasteiger partial charge in [-0.1, -0.05) is 30.3 Å². The molecule has 2 aliphatic rings. The van der Waals surface area contributed by atoms with Gasteiger partial charge in [-0.25, -0.2) is 0 Å². The monoisotopic (exact) mass is 234 g/mol. The molecular weight excluding hydrogens is 216 g/mol. The Hall–Kier alpha value is -0.900. The quantitative estimate of drug-likeness (QED) is 0.795. The molecule has 17 heavy (non-hydrogen) atoms. The Morgan fingerprint density at radius 3 is 2.94 bits per heavy atom. The molecule has 0 aromatic heterocycles. The molecule has 2 aliphatic heterocycles. The third kappa shape index (κ3) is 2.10. The molecule has 3 atom stereocenters. The van der Waals surface area contributed by atoms with Gasteiger partial charge in [0.15, 0.2) is 0 Å². The average molecular weight is 234 g/mol. The van der Waals surface area contributed by atoms with Crippen LogP contribution < -0.4 is 0 Å². The first-order chi connectivity index (χ1) is 8.31. The fourth-order valence-corrected chi connectivity index (χ4v) is 2.88. The lowest BCUT2D eigenvalue weighted by Crippen LogP contribution is -2.41. The zero-order valence-corrected chi connectivity index (χ0v) is 10.1. The van der Waals surface area contributed by atoms with E-state index in [-0.39, 0.29) is 17.8 Å². The fraction of sp³-hybridized carbons (Fsp3) is 0.571. The number of benzene rings is 1. The Labute approximate surface area is 102 Å². The van der Waals surface area contributed by atoms with Crippen LogP contribution in [0.1, 0.15) is 12.0 Å². The van der Waals surface area contributed by atoms with E-state index < -0.39 is 0 Å². The van der Waals surface area contributed by atoms with Crippen LogP contribution in [0.4, 0.5) is 0 Å². The van der Waals surface area contributed by atoms with Crippen molar-refractivity contribution in [2.45, 2.75) is 30.7 Å². The van der Waals surface area contributed by atoms with Crippen LogP contribution in [-0.4, -0.2) is 38.1 Å². The lowest BCUT2D eigenvalue weighted by atomic mass is 10.0. The van der Waals surface area contributed by atoms with E-state index in [1.165, 1.54) is 5.56 Å². The summed E-state index contributed by atoms with van der Waals surface area (Å²) < 4.78 is 17.2. The molecule has 0 amide bonds. The van der Waals surface area contributed by atoms with Crippen LogP contribution in [0.25, 0.3) is 0 Å². The van der Waals surface area contributed by atoms with Gasteiger partial charge in [0.05, 0.1) is 25.4 Å². The van der Waals surface area contributed by atoms with Crippen LogP contribution in [0.5, 0.6) is 0 Å². The molecule has 0 saturated carbocycles. The highest BCUT2D eigenvalue weighted by Gasteiger charge is 2.53. The van der Waals surface area contributed by atoms with Crippen molar-refractivity contribution in [2.75, 3.05) is 20.3 Å². The highest BCUT2D eigenvalue weighted by Crippen LogP contribution is 2.40. The smallest absolute Gasteiger partial charge is 0.118 e. The number of hydrogen-bond acceptors (Lipinski definition) is 3. The van der Waals surface area contributed by atoms with Crippen LogP contribution in [0.2, 0.25) is 0 Å². The summed E-state index contributed by atoms with van der Waals surface area (Å²) >= 11 is 0. The second-order valence-corrected chi connectivity index (χ2v) is 5.02. The van der Waals surface area contributed by atoms with Crippen molar-refractivity contribution in [1.82, 2.24) is 0 Å². The Morgan fingerprint density at radius 2 is 2.18 bits per heavy atom. The summed E-state index contributed by atoms with van der Waals surface area (Å²) in [5, 5.41) is 0. The Bertz CT molecular complexity index is 378. The molecule has 2 bridgehead atoms. The van der Waals surface area contributed by atoms with Crippen molar-refractivity contribution in [2.24, 2.45) is 0 Å². The van der Waals surface area contributed by atoms with E-state index in [0.29, 0.717) is 13.2 Å². The minimum Gasteiger partial charge on any atom is -0.382 e. The van der Waals surface area contributed by atoms with Crippen molar-refractivity contribution in [3.05, 3.63) is 35.9 Å². The summed E-state index contributed by atoms with van der Waals surface area (Å²) in [5.74, 6) is 0. The molecule has 0 N–H and O–H groups in total. The van der Waals surface area contributed by atoms with Crippen molar-refractivity contribution < 1.29 is 14.2 Å². The molecule has 1 aromatic carbocycles. The van der Waals surface area contributed by atoms with Gasteiger partial charge in [-0.2, -0.15) is 0 Å². The molecule has 0 spiro atoms. The number of methoxy groups -OCH3 is 1. The largest absolute Gasteiger partial charge is 0.382 e. The van der Waals surface area contributed by atoms with Gasteiger partial charge in [-0.05, 0) is 5.56 Å². The fourth-order valence-electron chi connectivity index (χ4n) is 2.88. The number of fused-ring (bicyclic) bond motifs is 2. The van der Waals surface area contributed by atoms with Gasteiger partial charge in [0.1, 0.15) is 5.60 Å². The molecule has 1 aromatic rings. The number of ether oxygens (including phenoxy) is 3. The molecule has 2 saturated heterocycles. The van der Waals surface area contributed by atoms with Gasteiger partial charge in [-0.3, -0.25) is 0 Å². The Kier molecular flexibility index (Phi) is 2.90. The molecule has 3 heteroatoms. The van der Waals surface area contributed by atoms with Crippen LogP contribution in [-0.2, 0) is 20.6 Å².